The average molecular weight is 300 g/mol. The van der Waals surface area contributed by atoms with Gasteiger partial charge in [0.25, 0.3) is 0 Å². The van der Waals surface area contributed by atoms with E-state index < -0.39 is 31.3 Å². The van der Waals surface area contributed by atoms with Crippen LogP contribution in [0.1, 0.15) is 12.8 Å². The summed E-state index contributed by atoms with van der Waals surface area (Å²) in [4.78, 5) is 22.3. The highest BCUT2D eigenvalue weighted by molar-refractivity contribution is 8.00. The molecule has 110 valence electrons. The van der Waals surface area contributed by atoms with E-state index in [4.69, 9.17) is 5.11 Å². The molecule has 19 heavy (non-hydrogen) atoms. The van der Waals surface area contributed by atoms with E-state index in [-0.39, 0.29) is 16.2 Å². The van der Waals surface area contributed by atoms with Gasteiger partial charge in [-0.05, 0) is 19.1 Å². The number of thioether (sulfide) groups is 1. The van der Waals surface area contributed by atoms with Gasteiger partial charge in [-0.25, -0.2) is 4.79 Å². The highest BCUT2D eigenvalue weighted by Crippen LogP contribution is 2.46. The van der Waals surface area contributed by atoms with Gasteiger partial charge in [0.05, 0.1) is 0 Å². The van der Waals surface area contributed by atoms with Gasteiger partial charge in [0.1, 0.15) is 13.1 Å². The number of aliphatic carboxylic acids is 1. The van der Waals surface area contributed by atoms with E-state index in [0.717, 1.165) is 12.8 Å². The van der Waals surface area contributed by atoms with Gasteiger partial charge in [-0.1, -0.05) is 0 Å². The van der Waals surface area contributed by atoms with Crippen LogP contribution in [0.2, 0.25) is 0 Å². The molecule has 0 unspecified atom stereocenters. The number of hydrogen-bond donors (Lipinski definition) is 2. The fourth-order valence-electron chi connectivity index (χ4n) is 1.52. The lowest BCUT2D eigenvalue weighted by molar-refractivity contribution is -0.148. The summed E-state index contributed by atoms with van der Waals surface area (Å²) in [5.74, 6) is -1.48. The molecule has 2 N–H and O–H groups in total. The van der Waals surface area contributed by atoms with Gasteiger partial charge in [0, 0.05) is 11.3 Å². The molecule has 9 heteroatoms. The topological polar surface area (TPSA) is 69.6 Å². The Morgan fingerprint density at radius 3 is 2.37 bits per heavy atom. The number of nitrogens with one attached hydrogen (secondary N) is 1. The van der Waals surface area contributed by atoms with Gasteiger partial charge in [0.2, 0.25) is 0 Å². The number of nitrogens with zero attached hydrogens (tertiary/aromatic N) is 1. The number of urea groups is 1. The molecule has 0 radical (unpaired) electrons. The summed E-state index contributed by atoms with van der Waals surface area (Å²) in [7, 11) is 0. The SMILES string of the molecule is CSC1(CNC(=O)N(CC(=O)O)CC(F)(F)F)CC1. The van der Waals surface area contributed by atoms with Crippen molar-refractivity contribution in [1.82, 2.24) is 10.2 Å². The molecule has 1 saturated carbocycles. The Morgan fingerprint density at radius 2 is 2.00 bits per heavy atom. The van der Waals surface area contributed by atoms with E-state index in [1.165, 1.54) is 0 Å². The van der Waals surface area contributed by atoms with Crippen LogP contribution in [0.25, 0.3) is 0 Å². The van der Waals surface area contributed by atoms with Crippen LogP contribution in [0.15, 0.2) is 0 Å². The molecule has 0 aliphatic heterocycles. The lowest BCUT2D eigenvalue weighted by Gasteiger charge is -2.23. The molecular formula is C10H15F3N2O3S. The molecule has 0 atom stereocenters. The average Bonchev–Trinajstić information content (AvgIpc) is 3.03. The normalized spacial score (nSPS) is 16.8. The number of amides is 2. The molecule has 0 spiro atoms. The number of alkyl halides is 3. The molecule has 1 fully saturated rings. The Hall–Kier alpha value is -1.12. The molecule has 0 heterocycles. The minimum absolute atomic E-state index is 0.0945. The summed E-state index contributed by atoms with van der Waals surface area (Å²) in [6, 6.07) is -1.000. The third-order valence-electron chi connectivity index (χ3n) is 2.79. The zero-order valence-corrected chi connectivity index (χ0v) is 11.1. The zero-order valence-electron chi connectivity index (χ0n) is 10.3. The van der Waals surface area contributed by atoms with E-state index in [0.29, 0.717) is 0 Å². The van der Waals surface area contributed by atoms with Crippen molar-refractivity contribution in [2.75, 3.05) is 25.9 Å². The van der Waals surface area contributed by atoms with E-state index in [1.54, 1.807) is 11.8 Å². The fourth-order valence-corrected chi connectivity index (χ4v) is 2.25. The third-order valence-corrected chi connectivity index (χ3v) is 4.20. The summed E-state index contributed by atoms with van der Waals surface area (Å²) >= 11 is 1.55. The van der Waals surface area contributed by atoms with Crippen molar-refractivity contribution in [3.8, 4) is 0 Å². The quantitative estimate of drug-likeness (QED) is 0.780. The molecule has 0 saturated heterocycles. The molecule has 0 aromatic heterocycles. The van der Waals surface area contributed by atoms with Crippen molar-refractivity contribution in [2.45, 2.75) is 23.8 Å². The summed E-state index contributed by atoms with van der Waals surface area (Å²) in [5.41, 5.74) is 0. The van der Waals surface area contributed by atoms with Crippen LogP contribution >= 0.6 is 11.8 Å². The van der Waals surface area contributed by atoms with E-state index >= 15 is 0 Å². The van der Waals surface area contributed by atoms with E-state index in [9.17, 15) is 22.8 Å². The first kappa shape index (κ1) is 15.9. The van der Waals surface area contributed by atoms with Crippen LogP contribution in [-0.2, 0) is 4.79 Å². The highest BCUT2D eigenvalue weighted by atomic mass is 32.2. The third kappa shape index (κ3) is 5.58. The first-order chi connectivity index (χ1) is 8.67. The number of carboxylic acid groups (broad SMARTS) is 1. The van der Waals surface area contributed by atoms with Crippen molar-refractivity contribution >= 4 is 23.8 Å². The molecule has 2 amide bonds. The van der Waals surface area contributed by atoms with Crippen molar-refractivity contribution in [3.05, 3.63) is 0 Å². The van der Waals surface area contributed by atoms with Crippen molar-refractivity contribution < 1.29 is 27.9 Å². The number of carbonyl (C=O) groups excluding carboxylic acids is 1. The van der Waals surface area contributed by atoms with Crippen LogP contribution in [0, 0.1) is 0 Å². The van der Waals surface area contributed by atoms with Gasteiger partial charge in [-0.2, -0.15) is 24.9 Å². The van der Waals surface area contributed by atoms with Crippen molar-refractivity contribution in [1.29, 1.82) is 0 Å². The zero-order chi connectivity index (χ0) is 14.7. The molecule has 0 aromatic carbocycles. The molecule has 1 rings (SSSR count). The standard InChI is InChI=1S/C10H15F3N2O3S/c1-19-9(2-3-9)5-14-8(18)15(4-7(16)17)6-10(11,12)13/h2-6H2,1H3,(H,14,18)(H,16,17). The van der Waals surface area contributed by atoms with Gasteiger partial charge in [0.15, 0.2) is 0 Å². The number of hydrogen-bond acceptors (Lipinski definition) is 3. The molecule has 0 aromatic rings. The molecular weight excluding hydrogens is 285 g/mol. The Balaban J connectivity index is 2.53. The first-order valence-electron chi connectivity index (χ1n) is 5.54. The Labute approximate surface area is 112 Å². The maximum atomic E-state index is 12.3. The van der Waals surface area contributed by atoms with Crippen LogP contribution < -0.4 is 5.32 Å². The second-order valence-electron chi connectivity index (χ2n) is 4.41. The fraction of sp³-hybridized carbons (Fsp3) is 0.800. The van der Waals surface area contributed by atoms with Crippen molar-refractivity contribution in [3.63, 3.8) is 0 Å². The lowest BCUT2D eigenvalue weighted by Crippen LogP contribution is -2.48. The van der Waals surface area contributed by atoms with Gasteiger partial charge in [-0.15, -0.1) is 0 Å². The maximum Gasteiger partial charge on any atom is 0.406 e. The Kier molecular flexibility index (Phi) is 4.94. The van der Waals surface area contributed by atoms with Gasteiger partial charge in [-0.3, -0.25) is 4.79 Å². The summed E-state index contributed by atoms with van der Waals surface area (Å²) in [6.45, 7) is -2.30. The summed E-state index contributed by atoms with van der Waals surface area (Å²) in [6.07, 6.45) is -0.966. The molecule has 5 nitrogen and oxygen atoms in total. The summed E-state index contributed by atoms with van der Waals surface area (Å²) < 4.78 is 36.7. The minimum atomic E-state index is -4.62. The van der Waals surface area contributed by atoms with Crippen LogP contribution in [0.3, 0.4) is 0 Å². The number of rotatable bonds is 6. The summed E-state index contributed by atoms with van der Waals surface area (Å²) in [5, 5.41) is 10.9. The lowest BCUT2D eigenvalue weighted by atomic mass is 10.4. The predicted octanol–water partition coefficient (Wildman–Crippen LogP) is 1.54. The predicted molar refractivity (Wildman–Crippen MR) is 64.1 cm³/mol. The molecule has 1 aliphatic rings. The Morgan fingerprint density at radius 1 is 1.42 bits per heavy atom. The second-order valence-corrected chi connectivity index (χ2v) is 5.69. The largest absolute Gasteiger partial charge is 0.480 e. The number of carboxylic acids is 1. The van der Waals surface area contributed by atoms with E-state index in [2.05, 4.69) is 5.32 Å². The maximum absolute atomic E-state index is 12.3. The number of carbonyl (C=O) groups is 2. The van der Waals surface area contributed by atoms with Gasteiger partial charge < -0.3 is 15.3 Å². The monoisotopic (exact) mass is 300 g/mol. The highest BCUT2D eigenvalue weighted by Gasteiger charge is 2.42. The molecule has 0 bridgehead atoms. The van der Waals surface area contributed by atoms with Gasteiger partial charge >= 0.3 is 18.2 Å². The van der Waals surface area contributed by atoms with Crippen LogP contribution in [0.4, 0.5) is 18.0 Å². The molecule has 1 aliphatic carbocycles. The smallest absolute Gasteiger partial charge is 0.406 e. The minimum Gasteiger partial charge on any atom is -0.480 e. The van der Waals surface area contributed by atoms with Crippen LogP contribution in [0.5, 0.6) is 0 Å². The van der Waals surface area contributed by atoms with Crippen LogP contribution in [-0.4, -0.2) is 58.8 Å². The Bertz CT molecular complexity index is 358. The van der Waals surface area contributed by atoms with E-state index in [1.807, 2.05) is 6.26 Å². The number of halogens is 3. The van der Waals surface area contributed by atoms with Crippen molar-refractivity contribution in [2.24, 2.45) is 0 Å². The second kappa shape index (κ2) is 5.89. The first-order valence-corrected chi connectivity index (χ1v) is 6.76.